The lowest BCUT2D eigenvalue weighted by Gasteiger charge is -2.16. The minimum Gasteiger partial charge on any atom is -0.451 e. The fraction of sp³-hybridized carbons (Fsp3) is 0.136. The summed E-state index contributed by atoms with van der Waals surface area (Å²) >= 11 is 6.16. The molecule has 7 nitrogen and oxygen atoms in total. The van der Waals surface area contributed by atoms with E-state index in [1.54, 1.807) is 30.3 Å². The molecule has 0 spiro atoms. The number of halogens is 4. The van der Waals surface area contributed by atoms with Crippen LogP contribution >= 0.6 is 11.6 Å². The summed E-state index contributed by atoms with van der Waals surface area (Å²) in [6.45, 7) is -0.243. The fourth-order valence-electron chi connectivity index (χ4n) is 3.21. The Morgan fingerprint density at radius 2 is 1.79 bits per heavy atom. The van der Waals surface area contributed by atoms with Gasteiger partial charge in [-0.25, -0.2) is 9.89 Å². The van der Waals surface area contributed by atoms with Gasteiger partial charge in [-0.3, -0.25) is 9.36 Å². The molecule has 170 valence electrons. The Hall–Kier alpha value is -3.79. The van der Waals surface area contributed by atoms with E-state index in [9.17, 15) is 22.8 Å². The molecule has 2 aromatic heterocycles. The van der Waals surface area contributed by atoms with Crippen molar-refractivity contribution in [1.82, 2.24) is 19.3 Å². The highest BCUT2D eigenvalue weighted by Crippen LogP contribution is 2.37. The average molecular weight is 477 g/mol. The standard InChI is InChI=1S/C22H16ClF3N4O3/c1-29-18(27-28-21(29)32)12-30-8-7-17(22(24,25)26)19(20(30)31)33-16-10-14(9-15(23)11-16)13-5-3-2-4-6-13/h2-11H,12H2,1H3,(H,28,32). The molecule has 0 amide bonds. The lowest BCUT2D eigenvalue weighted by Crippen LogP contribution is -2.26. The molecule has 0 unspecified atom stereocenters. The molecular weight excluding hydrogens is 461 g/mol. The van der Waals surface area contributed by atoms with Crippen molar-refractivity contribution in [1.29, 1.82) is 0 Å². The smallest absolute Gasteiger partial charge is 0.420 e. The van der Waals surface area contributed by atoms with Gasteiger partial charge in [0.1, 0.15) is 11.3 Å². The van der Waals surface area contributed by atoms with Gasteiger partial charge in [0.25, 0.3) is 5.56 Å². The van der Waals surface area contributed by atoms with Crippen LogP contribution in [0, 0.1) is 0 Å². The highest BCUT2D eigenvalue weighted by Gasteiger charge is 2.36. The van der Waals surface area contributed by atoms with Gasteiger partial charge in [-0.2, -0.15) is 18.3 Å². The second-order valence-corrected chi connectivity index (χ2v) is 7.57. The number of H-pyrrole nitrogens is 1. The molecule has 0 saturated carbocycles. The summed E-state index contributed by atoms with van der Waals surface area (Å²) in [6.07, 6.45) is -3.86. The number of alkyl halides is 3. The maximum atomic E-state index is 13.7. The molecule has 4 aromatic rings. The lowest BCUT2D eigenvalue weighted by atomic mass is 10.1. The Bertz CT molecular complexity index is 1430. The van der Waals surface area contributed by atoms with Gasteiger partial charge in [0, 0.05) is 18.3 Å². The average Bonchev–Trinajstić information content (AvgIpc) is 3.08. The number of pyridine rings is 1. The van der Waals surface area contributed by atoms with Crippen LogP contribution in [0.2, 0.25) is 5.02 Å². The van der Waals surface area contributed by atoms with E-state index in [1.165, 1.54) is 19.2 Å². The van der Waals surface area contributed by atoms with Gasteiger partial charge in [-0.05, 0) is 35.4 Å². The molecule has 0 aliphatic rings. The normalized spacial score (nSPS) is 11.5. The van der Waals surface area contributed by atoms with Crippen LogP contribution in [-0.2, 0) is 19.8 Å². The van der Waals surface area contributed by atoms with Gasteiger partial charge in [0.15, 0.2) is 5.82 Å². The summed E-state index contributed by atoms with van der Waals surface area (Å²) in [6, 6.07) is 14.2. The van der Waals surface area contributed by atoms with E-state index >= 15 is 0 Å². The van der Waals surface area contributed by atoms with Crippen molar-refractivity contribution in [2.45, 2.75) is 12.7 Å². The van der Waals surface area contributed by atoms with Gasteiger partial charge < -0.3 is 9.30 Å². The monoisotopic (exact) mass is 476 g/mol. The molecule has 1 N–H and O–H groups in total. The third-order valence-electron chi connectivity index (χ3n) is 4.91. The number of hydrogen-bond donors (Lipinski definition) is 1. The predicted octanol–water partition coefficient (Wildman–Crippen LogP) is 4.45. The highest BCUT2D eigenvalue weighted by molar-refractivity contribution is 6.31. The number of benzene rings is 2. The molecule has 4 rings (SSSR count). The minimum absolute atomic E-state index is 0.0335. The molecule has 0 bridgehead atoms. The van der Waals surface area contributed by atoms with Crippen molar-refractivity contribution >= 4 is 11.6 Å². The first-order valence-electron chi connectivity index (χ1n) is 9.58. The number of aromatic nitrogens is 4. The van der Waals surface area contributed by atoms with Crippen LogP contribution in [-0.4, -0.2) is 19.3 Å². The SMILES string of the molecule is Cn1c(Cn2ccc(C(F)(F)F)c(Oc3cc(Cl)cc(-c4ccccc4)c3)c2=O)n[nH]c1=O. The first-order chi connectivity index (χ1) is 15.6. The Labute approximate surface area is 189 Å². The second-order valence-electron chi connectivity index (χ2n) is 7.14. The van der Waals surface area contributed by atoms with E-state index < -0.39 is 28.7 Å². The molecule has 0 fully saturated rings. The van der Waals surface area contributed by atoms with Gasteiger partial charge in [0.2, 0.25) is 5.75 Å². The summed E-state index contributed by atoms with van der Waals surface area (Å²) in [4.78, 5) is 24.5. The minimum atomic E-state index is -4.84. The van der Waals surface area contributed by atoms with E-state index in [0.717, 1.165) is 27.0 Å². The first kappa shape index (κ1) is 22.4. The molecule has 0 saturated heterocycles. The number of nitrogens with one attached hydrogen (secondary N) is 1. The van der Waals surface area contributed by atoms with Crippen LogP contribution in [0.3, 0.4) is 0 Å². The van der Waals surface area contributed by atoms with Gasteiger partial charge >= 0.3 is 11.9 Å². The number of nitrogens with zero attached hydrogens (tertiary/aromatic N) is 3. The Morgan fingerprint density at radius 3 is 2.42 bits per heavy atom. The molecule has 0 aliphatic carbocycles. The largest absolute Gasteiger partial charge is 0.451 e. The molecule has 11 heteroatoms. The maximum absolute atomic E-state index is 13.7. The number of ether oxygens (including phenoxy) is 1. The van der Waals surface area contributed by atoms with Gasteiger partial charge in [0.05, 0.1) is 6.54 Å². The second kappa shape index (κ2) is 8.62. The molecule has 0 atom stereocenters. The molecule has 2 aromatic carbocycles. The summed E-state index contributed by atoms with van der Waals surface area (Å²) in [5.41, 5.74) is -1.42. The molecule has 33 heavy (non-hydrogen) atoms. The first-order valence-corrected chi connectivity index (χ1v) is 9.96. The third-order valence-corrected chi connectivity index (χ3v) is 5.13. The predicted molar refractivity (Wildman–Crippen MR) is 116 cm³/mol. The third kappa shape index (κ3) is 4.70. The van der Waals surface area contributed by atoms with Crippen LogP contribution < -0.4 is 16.0 Å². The van der Waals surface area contributed by atoms with Crippen LogP contribution in [0.4, 0.5) is 13.2 Å². The van der Waals surface area contributed by atoms with Crippen molar-refractivity contribution in [3.63, 3.8) is 0 Å². The van der Waals surface area contributed by atoms with E-state index in [1.807, 2.05) is 6.07 Å². The van der Waals surface area contributed by atoms with Crippen molar-refractivity contribution in [3.8, 4) is 22.6 Å². The summed E-state index contributed by atoms with van der Waals surface area (Å²) in [5, 5.41) is 6.21. The van der Waals surface area contributed by atoms with Crippen molar-refractivity contribution in [3.05, 3.63) is 98.0 Å². The summed E-state index contributed by atoms with van der Waals surface area (Å²) in [7, 11) is 1.42. The zero-order valence-electron chi connectivity index (χ0n) is 17.1. The van der Waals surface area contributed by atoms with Crippen LogP contribution in [0.1, 0.15) is 11.4 Å². The van der Waals surface area contributed by atoms with E-state index in [4.69, 9.17) is 16.3 Å². The van der Waals surface area contributed by atoms with Crippen molar-refractivity contribution in [2.75, 3.05) is 0 Å². The van der Waals surface area contributed by atoms with E-state index in [0.29, 0.717) is 5.56 Å². The molecule has 0 radical (unpaired) electrons. The zero-order valence-corrected chi connectivity index (χ0v) is 17.8. The molecular formula is C22H16ClF3N4O3. The van der Waals surface area contributed by atoms with Crippen molar-refractivity contribution < 1.29 is 17.9 Å². The molecule has 2 heterocycles. The lowest BCUT2D eigenvalue weighted by molar-refractivity contribution is -0.138. The van der Waals surface area contributed by atoms with Gasteiger partial charge in [-0.1, -0.05) is 41.9 Å². The quantitative estimate of drug-likeness (QED) is 0.461. The van der Waals surface area contributed by atoms with Crippen LogP contribution in [0.5, 0.6) is 11.5 Å². The molecule has 0 aliphatic heterocycles. The van der Waals surface area contributed by atoms with E-state index in [-0.39, 0.29) is 23.1 Å². The Kier molecular flexibility index (Phi) is 5.86. The topological polar surface area (TPSA) is 81.9 Å². The number of aromatic amines is 1. The number of rotatable bonds is 5. The Morgan fingerprint density at radius 1 is 1.06 bits per heavy atom. The van der Waals surface area contributed by atoms with Gasteiger partial charge in [-0.15, -0.1) is 0 Å². The Balaban J connectivity index is 1.79. The fourth-order valence-corrected chi connectivity index (χ4v) is 3.44. The van der Waals surface area contributed by atoms with Crippen LogP contribution in [0.15, 0.2) is 70.4 Å². The number of hydrogen-bond acceptors (Lipinski definition) is 4. The maximum Gasteiger partial charge on any atom is 0.420 e. The van der Waals surface area contributed by atoms with Crippen LogP contribution in [0.25, 0.3) is 11.1 Å². The van der Waals surface area contributed by atoms with Crippen molar-refractivity contribution in [2.24, 2.45) is 7.05 Å². The highest BCUT2D eigenvalue weighted by atomic mass is 35.5. The summed E-state index contributed by atoms with van der Waals surface area (Å²) in [5.74, 6) is -0.789. The van der Waals surface area contributed by atoms with E-state index in [2.05, 4.69) is 10.2 Å². The summed E-state index contributed by atoms with van der Waals surface area (Å²) < 4.78 is 48.6. The zero-order chi connectivity index (χ0) is 23.8.